The second-order valence-electron chi connectivity index (χ2n) is 8.91. The predicted molar refractivity (Wildman–Crippen MR) is 132 cm³/mol. The van der Waals surface area contributed by atoms with Crippen LogP contribution in [0.15, 0.2) is 42.6 Å². The highest BCUT2D eigenvalue weighted by Gasteiger charge is 2.29. The highest BCUT2D eigenvalue weighted by molar-refractivity contribution is 6.14. The molecule has 9 nitrogen and oxygen atoms in total. The van der Waals surface area contributed by atoms with E-state index in [0.717, 1.165) is 44.6 Å². The number of carbonyl (C=O) groups is 2. The lowest BCUT2D eigenvalue weighted by Gasteiger charge is -2.24. The molecule has 0 radical (unpaired) electrons. The van der Waals surface area contributed by atoms with Gasteiger partial charge in [0.1, 0.15) is 5.65 Å². The van der Waals surface area contributed by atoms with Crippen LogP contribution in [-0.4, -0.2) is 60.5 Å². The number of amides is 1. The number of anilines is 2. The lowest BCUT2D eigenvalue weighted by molar-refractivity contribution is 0.0580. The molecule has 2 aliphatic rings. The standard InChI is InChI=1S/C26H30N4O5/c1-33-26(32)23-22(29-25(31)17-6-3-2-4-7-17)21-14-19(28-18-9-12-34-13-10-18)15-27-24(21)30(23)16-20-8-5-11-35-20/h2-4,6-7,14-15,18,20,28H,5,8-13,16H2,1H3,(H,29,31)/t20-/m0/s1. The van der Waals surface area contributed by atoms with Crippen LogP contribution in [0, 0.1) is 0 Å². The number of nitrogens with zero attached hydrogens (tertiary/aromatic N) is 2. The smallest absolute Gasteiger partial charge is 0.356 e. The summed E-state index contributed by atoms with van der Waals surface area (Å²) in [6.45, 7) is 2.58. The minimum atomic E-state index is -0.539. The fraction of sp³-hybridized carbons (Fsp3) is 0.423. The van der Waals surface area contributed by atoms with Crippen molar-refractivity contribution in [3.8, 4) is 0 Å². The summed E-state index contributed by atoms with van der Waals surface area (Å²) in [4.78, 5) is 30.9. The summed E-state index contributed by atoms with van der Waals surface area (Å²) in [6, 6.07) is 11.1. The maximum Gasteiger partial charge on any atom is 0.356 e. The van der Waals surface area contributed by atoms with Crippen molar-refractivity contribution in [3.63, 3.8) is 0 Å². The highest BCUT2D eigenvalue weighted by Crippen LogP contribution is 2.34. The molecule has 9 heteroatoms. The number of nitrogens with one attached hydrogen (secondary N) is 2. The molecule has 3 aromatic rings. The molecule has 0 aliphatic carbocycles. The van der Waals surface area contributed by atoms with Crippen LogP contribution in [0.2, 0.25) is 0 Å². The fourth-order valence-electron chi connectivity index (χ4n) is 4.76. The molecule has 1 aromatic carbocycles. The largest absolute Gasteiger partial charge is 0.464 e. The first-order valence-corrected chi connectivity index (χ1v) is 12.1. The van der Waals surface area contributed by atoms with Crippen molar-refractivity contribution in [2.24, 2.45) is 0 Å². The van der Waals surface area contributed by atoms with E-state index in [1.807, 2.05) is 16.7 Å². The molecule has 2 fully saturated rings. The Morgan fingerprint density at radius 2 is 1.94 bits per heavy atom. The minimum absolute atomic E-state index is 0.0338. The molecule has 4 heterocycles. The third-order valence-electron chi connectivity index (χ3n) is 6.55. The van der Waals surface area contributed by atoms with E-state index in [-0.39, 0.29) is 23.7 Å². The number of benzene rings is 1. The Morgan fingerprint density at radius 3 is 2.66 bits per heavy atom. The normalized spacial score (nSPS) is 18.5. The highest BCUT2D eigenvalue weighted by atomic mass is 16.5. The van der Waals surface area contributed by atoms with E-state index >= 15 is 0 Å². The van der Waals surface area contributed by atoms with E-state index in [9.17, 15) is 9.59 Å². The van der Waals surface area contributed by atoms with Crippen LogP contribution in [-0.2, 0) is 20.8 Å². The SMILES string of the molecule is COC(=O)c1c(NC(=O)c2ccccc2)c2cc(NC3CCOCC3)cnc2n1C[C@@H]1CCCO1. The average Bonchev–Trinajstić information content (AvgIpc) is 3.51. The quantitative estimate of drug-likeness (QED) is 0.497. The first-order valence-electron chi connectivity index (χ1n) is 12.1. The van der Waals surface area contributed by atoms with E-state index < -0.39 is 5.97 Å². The van der Waals surface area contributed by atoms with Gasteiger partial charge < -0.3 is 29.4 Å². The van der Waals surface area contributed by atoms with E-state index in [2.05, 4.69) is 10.6 Å². The summed E-state index contributed by atoms with van der Waals surface area (Å²) >= 11 is 0. The van der Waals surface area contributed by atoms with Crippen molar-refractivity contribution in [1.82, 2.24) is 9.55 Å². The Labute approximate surface area is 203 Å². The predicted octanol–water partition coefficient (Wildman–Crippen LogP) is 3.85. The van der Waals surface area contributed by atoms with Crippen LogP contribution in [0.1, 0.15) is 46.5 Å². The topological polar surface area (TPSA) is 104 Å². The molecule has 35 heavy (non-hydrogen) atoms. The summed E-state index contributed by atoms with van der Waals surface area (Å²) in [5, 5.41) is 7.17. The van der Waals surface area contributed by atoms with Gasteiger partial charge in [-0.15, -0.1) is 0 Å². The Morgan fingerprint density at radius 1 is 1.14 bits per heavy atom. The van der Waals surface area contributed by atoms with Crippen molar-refractivity contribution >= 4 is 34.3 Å². The van der Waals surface area contributed by atoms with Gasteiger partial charge in [0.05, 0.1) is 37.3 Å². The molecule has 2 saturated heterocycles. The zero-order valence-corrected chi connectivity index (χ0v) is 19.8. The number of carbonyl (C=O) groups excluding carboxylic acids is 2. The zero-order valence-electron chi connectivity index (χ0n) is 19.8. The summed E-state index contributed by atoms with van der Waals surface area (Å²) in [5.41, 5.74) is 2.57. The number of pyridine rings is 1. The zero-order chi connectivity index (χ0) is 24.2. The van der Waals surface area contributed by atoms with Crippen LogP contribution < -0.4 is 10.6 Å². The maximum atomic E-state index is 13.1. The molecule has 1 atom stereocenters. The number of rotatable bonds is 7. The summed E-state index contributed by atoms with van der Waals surface area (Å²) in [7, 11) is 1.34. The number of hydrogen-bond acceptors (Lipinski definition) is 7. The van der Waals surface area contributed by atoms with Gasteiger partial charge >= 0.3 is 5.97 Å². The van der Waals surface area contributed by atoms with Crippen molar-refractivity contribution in [3.05, 3.63) is 53.9 Å². The molecule has 2 aliphatic heterocycles. The van der Waals surface area contributed by atoms with Crippen LogP contribution in [0.25, 0.3) is 11.0 Å². The van der Waals surface area contributed by atoms with Crippen LogP contribution in [0.4, 0.5) is 11.4 Å². The Kier molecular flexibility index (Phi) is 6.96. The van der Waals surface area contributed by atoms with Crippen LogP contribution in [0.3, 0.4) is 0 Å². The van der Waals surface area contributed by atoms with Crippen LogP contribution in [0.5, 0.6) is 0 Å². The van der Waals surface area contributed by atoms with Gasteiger partial charge in [0.25, 0.3) is 5.91 Å². The van der Waals surface area contributed by atoms with Crippen molar-refractivity contribution < 1.29 is 23.8 Å². The lowest BCUT2D eigenvalue weighted by Crippen LogP contribution is -2.27. The van der Waals surface area contributed by atoms with E-state index in [0.29, 0.717) is 35.4 Å². The average molecular weight is 479 g/mol. The third-order valence-corrected chi connectivity index (χ3v) is 6.55. The molecule has 0 spiro atoms. The molecule has 5 rings (SSSR count). The second kappa shape index (κ2) is 10.5. The Balaban J connectivity index is 1.59. The number of ether oxygens (including phenoxy) is 3. The van der Waals surface area contributed by atoms with Crippen molar-refractivity contribution in [2.75, 3.05) is 37.6 Å². The van der Waals surface area contributed by atoms with E-state index in [4.69, 9.17) is 19.2 Å². The third kappa shape index (κ3) is 5.01. The number of fused-ring (bicyclic) bond motifs is 1. The van der Waals surface area contributed by atoms with Crippen LogP contribution >= 0.6 is 0 Å². The molecule has 184 valence electrons. The number of esters is 1. The summed E-state index contributed by atoms with van der Waals surface area (Å²) in [5.74, 6) is -0.849. The van der Waals surface area contributed by atoms with Crippen molar-refractivity contribution in [2.45, 2.75) is 44.4 Å². The molecule has 2 N–H and O–H groups in total. The van der Waals surface area contributed by atoms with Gasteiger partial charge in [-0.05, 0) is 43.9 Å². The Bertz CT molecular complexity index is 1200. The monoisotopic (exact) mass is 478 g/mol. The molecular weight excluding hydrogens is 448 g/mol. The molecule has 0 saturated carbocycles. The molecule has 0 unspecified atom stereocenters. The number of methoxy groups -OCH3 is 1. The molecule has 0 bridgehead atoms. The Hall–Kier alpha value is -3.43. The molecular formula is C26H30N4O5. The summed E-state index contributed by atoms with van der Waals surface area (Å²) in [6.07, 6.45) is 5.42. The fourth-order valence-corrected chi connectivity index (χ4v) is 4.76. The molecule has 1 amide bonds. The number of hydrogen-bond donors (Lipinski definition) is 2. The first kappa shape index (κ1) is 23.3. The second-order valence-corrected chi connectivity index (χ2v) is 8.91. The maximum absolute atomic E-state index is 13.1. The van der Waals surface area contributed by atoms with Gasteiger partial charge in [0.2, 0.25) is 0 Å². The van der Waals surface area contributed by atoms with Gasteiger partial charge in [0.15, 0.2) is 5.69 Å². The summed E-state index contributed by atoms with van der Waals surface area (Å²) < 4.78 is 18.3. The van der Waals surface area contributed by atoms with E-state index in [1.165, 1.54) is 7.11 Å². The van der Waals surface area contributed by atoms with Gasteiger partial charge in [-0.3, -0.25) is 4.79 Å². The van der Waals surface area contributed by atoms with Gasteiger partial charge in [0, 0.05) is 36.8 Å². The van der Waals surface area contributed by atoms with Gasteiger partial charge in [-0.1, -0.05) is 18.2 Å². The van der Waals surface area contributed by atoms with Crippen molar-refractivity contribution in [1.29, 1.82) is 0 Å². The first-order chi connectivity index (χ1) is 17.1. The molecule has 2 aromatic heterocycles. The van der Waals surface area contributed by atoms with Gasteiger partial charge in [-0.2, -0.15) is 0 Å². The van der Waals surface area contributed by atoms with Gasteiger partial charge in [-0.25, -0.2) is 9.78 Å². The minimum Gasteiger partial charge on any atom is -0.464 e. The number of aromatic nitrogens is 2. The van der Waals surface area contributed by atoms with E-state index in [1.54, 1.807) is 30.5 Å². The lowest BCUT2D eigenvalue weighted by atomic mass is 10.1.